The minimum absolute atomic E-state index is 0.0393. The molecule has 0 radical (unpaired) electrons. The highest BCUT2D eigenvalue weighted by atomic mass is 19.4. The van der Waals surface area contributed by atoms with E-state index < -0.39 is 30.0 Å². The van der Waals surface area contributed by atoms with E-state index in [4.69, 9.17) is 5.11 Å². The third kappa shape index (κ3) is 4.56. The van der Waals surface area contributed by atoms with Crippen molar-refractivity contribution in [1.82, 2.24) is 4.90 Å². The van der Waals surface area contributed by atoms with Gasteiger partial charge in [-0.1, -0.05) is 18.2 Å². The summed E-state index contributed by atoms with van der Waals surface area (Å²) in [5, 5.41) is 8.50. The van der Waals surface area contributed by atoms with Gasteiger partial charge in [0.25, 0.3) is 0 Å². The van der Waals surface area contributed by atoms with Crippen LogP contribution < -0.4 is 0 Å². The van der Waals surface area contributed by atoms with Gasteiger partial charge in [-0.05, 0) is 11.6 Å². The standard InChI is InChI=1S/C13H14F3NO3/c1-17(7-6-12(19)20)11(18)8-9-4-2-3-5-10(9)13(14,15)16/h2-5H,6-8H2,1H3,(H,19,20). The predicted octanol–water partition coefficient (Wildman–Crippen LogP) is 2.18. The molecule has 0 saturated carbocycles. The number of hydrogen-bond acceptors (Lipinski definition) is 2. The number of halogens is 3. The van der Waals surface area contributed by atoms with Crippen LogP contribution in [0.3, 0.4) is 0 Å². The first kappa shape index (κ1) is 16.0. The van der Waals surface area contributed by atoms with Crippen molar-refractivity contribution in [2.75, 3.05) is 13.6 Å². The van der Waals surface area contributed by atoms with Crippen LogP contribution in [-0.4, -0.2) is 35.5 Å². The molecule has 0 saturated heterocycles. The van der Waals surface area contributed by atoms with Gasteiger partial charge in [0.15, 0.2) is 0 Å². The molecule has 1 amide bonds. The number of benzene rings is 1. The Labute approximate surface area is 113 Å². The summed E-state index contributed by atoms with van der Waals surface area (Å²) in [5.74, 6) is -1.62. The molecule has 0 aliphatic rings. The highest BCUT2D eigenvalue weighted by Gasteiger charge is 2.33. The summed E-state index contributed by atoms with van der Waals surface area (Å²) in [6, 6.07) is 4.84. The van der Waals surface area contributed by atoms with Crippen molar-refractivity contribution >= 4 is 11.9 Å². The lowest BCUT2D eigenvalue weighted by molar-refractivity contribution is -0.138. The van der Waals surface area contributed by atoms with Gasteiger partial charge in [-0.15, -0.1) is 0 Å². The van der Waals surface area contributed by atoms with Crippen molar-refractivity contribution in [2.45, 2.75) is 19.0 Å². The molecule has 1 N–H and O–H groups in total. The van der Waals surface area contributed by atoms with Crippen molar-refractivity contribution < 1.29 is 27.9 Å². The van der Waals surface area contributed by atoms with E-state index in [9.17, 15) is 22.8 Å². The zero-order valence-corrected chi connectivity index (χ0v) is 10.8. The molecule has 0 fully saturated rings. The van der Waals surface area contributed by atoms with Crippen LogP contribution in [0.5, 0.6) is 0 Å². The van der Waals surface area contributed by atoms with E-state index in [1.165, 1.54) is 25.2 Å². The van der Waals surface area contributed by atoms with Crippen LogP contribution in [0, 0.1) is 0 Å². The van der Waals surface area contributed by atoms with E-state index in [0.29, 0.717) is 0 Å². The highest BCUT2D eigenvalue weighted by molar-refractivity contribution is 5.79. The van der Waals surface area contributed by atoms with Gasteiger partial charge < -0.3 is 10.0 Å². The summed E-state index contributed by atoms with van der Waals surface area (Å²) in [6.07, 6.45) is -5.18. The number of aliphatic carboxylic acids is 1. The zero-order chi connectivity index (χ0) is 15.3. The number of carboxylic acids is 1. The van der Waals surface area contributed by atoms with E-state index in [1.54, 1.807) is 0 Å². The molecule has 1 rings (SSSR count). The molecule has 0 aliphatic heterocycles. The SMILES string of the molecule is CN(CCC(=O)O)C(=O)Cc1ccccc1C(F)(F)F. The highest BCUT2D eigenvalue weighted by Crippen LogP contribution is 2.32. The minimum atomic E-state index is -4.52. The second kappa shape index (κ2) is 6.40. The molecule has 0 bridgehead atoms. The van der Waals surface area contributed by atoms with Crippen molar-refractivity contribution in [3.8, 4) is 0 Å². The lowest BCUT2D eigenvalue weighted by Gasteiger charge is -2.18. The van der Waals surface area contributed by atoms with Crippen molar-refractivity contribution in [3.63, 3.8) is 0 Å². The second-order valence-electron chi connectivity index (χ2n) is 4.29. The molecule has 1 aromatic carbocycles. The topological polar surface area (TPSA) is 57.6 Å². The Morgan fingerprint density at radius 1 is 1.25 bits per heavy atom. The van der Waals surface area contributed by atoms with Gasteiger partial charge in [0.1, 0.15) is 0 Å². The maximum Gasteiger partial charge on any atom is 0.416 e. The van der Waals surface area contributed by atoms with Crippen LogP contribution in [0.1, 0.15) is 17.5 Å². The normalized spacial score (nSPS) is 11.2. The summed E-state index contributed by atoms with van der Waals surface area (Å²) >= 11 is 0. The first-order valence-electron chi connectivity index (χ1n) is 5.82. The number of amides is 1. The molecule has 0 aromatic heterocycles. The number of hydrogen-bond donors (Lipinski definition) is 1. The average molecular weight is 289 g/mol. The zero-order valence-electron chi connectivity index (χ0n) is 10.8. The number of carbonyl (C=O) groups is 2. The molecule has 1 aromatic rings. The summed E-state index contributed by atoms with van der Waals surface area (Å²) in [5.41, 5.74) is -0.966. The predicted molar refractivity (Wildman–Crippen MR) is 65.0 cm³/mol. The van der Waals surface area contributed by atoms with Gasteiger partial charge in [-0.25, -0.2) is 0 Å². The van der Waals surface area contributed by atoms with Crippen LogP contribution in [-0.2, 0) is 22.2 Å². The molecule has 0 aliphatic carbocycles. The molecular weight excluding hydrogens is 275 g/mol. The Hall–Kier alpha value is -2.05. The molecule has 0 spiro atoms. The van der Waals surface area contributed by atoms with Gasteiger partial charge in [0.05, 0.1) is 18.4 Å². The largest absolute Gasteiger partial charge is 0.481 e. The van der Waals surface area contributed by atoms with Gasteiger partial charge in [0, 0.05) is 13.6 Å². The third-order valence-electron chi connectivity index (χ3n) is 2.75. The van der Waals surface area contributed by atoms with Crippen LogP contribution in [0.25, 0.3) is 0 Å². The fourth-order valence-corrected chi connectivity index (χ4v) is 1.64. The average Bonchev–Trinajstić information content (AvgIpc) is 2.35. The van der Waals surface area contributed by atoms with E-state index in [0.717, 1.165) is 11.0 Å². The Kier molecular flexibility index (Phi) is 5.12. The lowest BCUT2D eigenvalue weighted by Crippen LogP contribution is -2.31. The Morgan fingerprint density at radius 2 is 1.85 bits per heavy atom. The van der Waals surface area contributed by atoms with Crippen molar-refractivity contribution in [2.24, 2.45) is 0 Å². The van der Waals surface area contributed by atoms with Gasteiger partial charge >= 0.3 is 12.1 Å². The van der Waals surface area contributed by atoms with E-state index >= 15 is 0 Å². The van der Waals surface area contributed by atoms with Crippen LogP contribution >= 0.6 is 0 Å². The molecule has 20 heavy (non-hydrogen) atoms. The van der Waals surface area contributed by atoms with Gasteiger partial charge in [0.2, 0.25) is 5.91 Å². The minimum Gasteiger partial charge on any atom is -0.481 e. The lowest BCUT2D eigenvalue weighted by atomic mass is 10.0. The van der Waals surface area contributed by atoms with Gasteiger partial charge in [-0.3, -0.25) is 9.59 Å². The maximum absolute atomic E-state index is 12.8. The Bertz CT molecular complexity index is 500. The van der Waals surface area contributed by atoms with E-state index in [1.807, 2.05) is 0 Å². The Morgan fingerprint density at radius 3 is 2.40 bits per heavy atom. The second-order valence-corrected chi connectivity index (χ2v) is 4.29. The summed E-state index contributed by atoms with van der Waals surface area (Å²) in [4.78, 5) is 23.3. The molecule has 0 unspecified atom stereocenters. The van der Waals surface area contributed by atoms with Gasteiger partial charge in [-0.2, -0.15) is 13.2 Å². The molecular formula is C13H14F3NO3. The number of rotatable bonds is 5. The smallest absolute Gasteiger partial charge is 0.416 e. The summed E-state index contributed by atoms with van der Waals surface area (Å²) < 4.78 is 38.3. The maximum atomic E-state index is 12.8. The number of alkyl halides is 3. The van der Waals surface area contributed by atoms with E-state index in [-0.39, 0.29) is 18.5 Å². The monoisotopic (exact) mass is 289 g/mol. The molecule has 0 heterocycles. The van der Waals surface area contributed by atoms with Crippen LogP contribution in [0.15, 0.2) is 24.3 Å². The number of carbonyl (C=O) groups excluding carboxylic acids is 1. The molecule has 110 valence electrons. The quantitative estimate of drug-likeness (QED) is 0.904. The summed E-state index contributed by atoms with van der Waals surface area (Å²) in [6.45, 7) is -0.0393. The first-order valence-corrected chi connectivity index (χ1v) is 5.82. The number of likely N-dealkylation sites (N-methyl/N-ethyl adjacent to an activating group) is 1. The number of nitrogens with zero attached hydrogens (tertiary/aromatic N) is 1. The molecule has 4 nitrogen and oxygen atoms in total. The van der Waals surface area contributed by atoms with Crippen molar-refractivity contribution in [1.29, 1.82) is 0 Å². The third-order valence-corrected chi connectivity index (χ3v) is 2.75. The Balaban J connectivity index is 2.78. The van der Waals surface area contributed by atoms with Crippen molar-refractivity contribution in [3.05, 3.63) is 35.4 Å². The van der Waals surface area contributed by atoms with E-state index in [2.05, 4.69) is 0 Å². The fraction of sp³-hybridized carbons (Fsp3) is 0.385. The molecule has 0 atom stereocenters. The first-order chi connectivity index (χ1) is 9.21. The number of carboxylic acid groups (broad SMARTS) is 1. The fourth-order valence-electron chi connectivity index (χ4n) is 1.64. The van der Waals surface area contributed by atoms with Crippen LogP contribution in [0.4, 0.5) is 13.2 Å². The molecule has 7 heteroatoms. The summed E-state index contributed by atoms with van der Waals surface area (Å²) in [7, 11) is 1.36. The van der Waals surface area contributed by atoms with Crippen LogP contribution in [0.2, 0.25) is 0 Å².